The van der Waals surface area contributed by atoms with E-state index in [9.17, 15) is 5.11 Å². The van der Waals surface area contributed by atoms with Crippen LogP contribution in [0.2, 0.25) is 0 Å². The molecule has 2 atom stereocenters. The van der Waals surface area contributed by atoms with Gasteiger partial charge in [0.1, 0.15) is 17.1 Å². The largest absolute Gasteiger partial charge is 0.508 e. The van der Waals surface area contributed by atoms with E-state index in [0.29, 0.717) is 17.6 Å². The molecule has 1 aliphatic carbocycles. The lowest BCUT2D eigenvalue weighted by Gasteiger charge is -2.47. The summed E-state index contributed by atoms with van der Waals surface area (Å²) in [4.78, 5) is 0. The molecule has 0 radical (unpaired) electrons. The van der Waals surface area contributed by atoms with Crippen LogP contribution in [0, 0.1) is 5.92 Å². The summed E-state index contributed by atoms with van der Waals surface area (Å²) in [5.41, 5.74) is 4.84. The molecule has 2 heteroatoms. The molecule has 0 aromatic heterocycles. The van der Waals surface area contributed by atoms with Gasteiger partial charge in [0, 0.05) is 17.4 Å². The van der Waals surface area contributed by atoms with Gasteiger partial charge in [-0.1, -0.05) is 88.4 Å². The molecule has 0 bridgehead atoms. The van der Waals surface area contributed by atoms with Crippen LogP contribution in [0.25, 0.3) is 0 Å². The van der Waals surface area contributed by atoms with E-state index in [2.05, 4.69) is 77.1 Å². The summed E-state index contributed by atoms with van der Waals surface area (Å²) < 4.78 is 6.61. The Balaban J connectivity index is 1.61. The number of aromatic hydroxyl groups is 1. The molecule has 2 aromatic rings. The van der Waals surface area contributed by atoms with Crippen molar-refractivity contribution in [1.29, 1.82) is 0 Å². The lowest BCUT2D eigenvalue weighted by molar-refractivity contribution is 0.00724. The Labute approximate surface area is 201 Å². The number of allylic oxidation sites excluding steroid dienone is 2. The lowest BCUT2D eigenvalue weighted by atomic mass is 9.66. The number of fused-ring (bicyclic) bond motifs is 3. The molecule has 0 saturated heterocycles. The first-order chi connectivity index (χ1) is 15.7. The van der Waals surface area contributed by atoms with Crippen molar-refractivity contribution in [3.05, 3.63) is 70.8 Å². The van der Waals surface area contributed by atoms with Gasteiger partial charge in [0.25, 0.3) is 0 Å². The van der Waals surface area contributed by atoms with E-state index in [4.69, 9.17) is 4.74 Å². The molecule has 0 unspecified atom stereocenters. The Morgan fingerprint density at radius 2 is 1.82 bits per heavy atom. The van der Waals surface area contributed by atoms with E-state index >= 15 is 0 Å². The van der Waals surface area contributed by atoms with Crippen molar-refractivity contribution in [3.8, 4) is 11.5 Å². The van der Waals surface area contributed by atoms with Crippen molar-refractivity contribution in [2.75, 3.05) is 0 Å². The second-order valence-corrected chi connectivity index (χ2v) is 11.5. The minimum Gasteiger partial charge on any atom is -0.508 e. The summed E-state index contributed by atoms with van der Waals surface area (Å²) in [6.07, 6.45) is 11.6. The first kappa shape index (κ1) is 23.9. The number of rotatable bonds is 8. The van der Waals surface area contributed by atoms with Gasteiger partial charge in [-0.3, -0.25) is 0 Å². The monoisotopic (exact) mass is 446 g/mol. The minimum atomic E-state index is -0.247. The fourth-order valence-corrected chi connectivity index (χ4v) is 6.00. The first-order valence-electron chi connectivity index (χ1n) is 13.0. The SMILES string of the molecule is CCCCCCC(C)(C)c1cc(O)c2c(c1)OC(C)(C)[C@H]1CC=C(Cc3ccccc3)C[C@H]21. The highest BCUT2D eigenvalue weighted by Crippen LogP contribution is 2.55. The van der Waals surface area contributed by atoms with E-state index in [0.717, 1.165) is 37.0 Å². The molecule has 1 heterocycles. The van der Waals surface area contributed by atoms with Crippen molar-refractivity contribution in [1.82, 2.24) is 0 Å². The van der Waals surface area contributed by atoms with Crippen LogP contribution in [-0.4, -0.2) is 10.7 Å². The van der Waals surface area contributed by atoms with Crippen LogP contribution in [0.5, 0.6) is 11.5 Å². The third kappa shape index (κ3) is 5.15. The van der Waals surface area contributed by atoms with Crippen LogP contribution in [0.15, 0.2) is 54.1 Å². The van der Waals surface area contributed by atoms with E-state index in [1.54, 1.807) is 0 Å². The zero-order valence-corrected chi connectivity index (χ0v) is 21.3. The fraction of sp³-hybridized carbons (Fsp3) is 0.548. The maximum Gasteiger partial charge on any atom is 0.127 e. The number of ether oxygens (including phenoxy) is 1. The van der Waals surface area contributed by atoms with Crippen LogP contribution in [0.1, 0.15) is 102 Å². The van der Waals surface area contributed by atoms with Crippen molar-refractivity contribution < 1.29 is 9.84 Å². The standard InChI is InChI=1S/C31H42O2/c1-6-7-8-12-17-30(2,3)24-20-27(32)29-25-19-23(18-22-13-10-9-11-14-22)15-16-26(25)31(4,5)33-28(29)21-24/h9-11,13-15,20-21,25-26,32H,6-8,12,16-19H2,1-5H3/t25-,26-/m0/s1. The minimum absolute atomic E-state index is 0.0234. The van der Waals surface area contributed by atoms with Crippen LogP contribution >= 0.6 is 0 Å². The van der Waals surface area contributed by atoms with Crippen molar-refractivity contribution in [3.63, 3.8) is 0 Å². The average molecular weight is 447 g/mol. The Kier molecular flexibility index (Phi) is 6.93. The third-order valence-corrected chi connectivity index (χ3v) is 8.10. The summed E-state index contributed by atoms with van der Waals surface area (Å²) in [5, 5.41) is 11.3. The number of benzene rings is 2. The van der Waals surface area contributed by atoms with Gasteiger partial charge in [-0.05, 0) is 68.2 Å². The van der Waals surface area contributed by atoms with Gasteiger partial charge >= 0.3 is 0 Å². The van der Waals surface area contributed by atoms with Crippen LogP contribution < -0.4 is 4.74 Å². The Hall–Kier alpha value is -2.22. The smallest absolute Gasteiger partial charge is 0.127 e. The van der Waals surface area contributed by atoms with Gasteiger partial charge in [-0.25, -0.2) is 0 Å². The zero-order valence-electron chi connectivity index (χ0n) is 21.3. The maximum atomic E-state index is 11.3. The van der Waals surface area contributed by atoms with E-state index in [1.807, 2.05) is 6.07 Å². The lowest BCUT2D eigenvalue weighted by Crippen LogP contribution is -2.45. The van der Waals surface area contributed by atoms with Crippen LogP contribution in [-0.2, 0) is 11.8 Å². The Morgan fingerprint density at radius 3 is 2.55 bits per heavy atom. The van der Waals surface area contributed by atoms with Crippen molar-refractivity contribution in [2.24, 2.45) is 5.92 Å². The summed E-state index contributed by atoms with van der Waals surface area (Å²) in [6, 6.07) is 15.0. The average Bonchev–Trinajstić information content (AvgIpc) is 2.76. The van der Waals surface area contributed by atoms with E-state index < -0.39 is 0 Å². The van der Waals surface area contributed by atoms with E-state index in [1.165, 1.54) is 42.4 Å². The predicted molar refractivity (Wildman–Crippen MR) is 138 cm³/mol. The highest BCUT2D eigenvalue weighted by atomic mass is 16.5. The molecule has 0 spiro atoms. The third-order valence-electron chi connectivity index (χ3n) is 8.10. The second kappa shape index (κ2) is 9.57. The number of hydrogen-bond acceptors (Lipinski definition) is 2. The quantitative estimate of drug-likeness (QED) is 0.325. The molecule has 2 aliphatic rings. The predicted octanol–water partition coefficient (Wildman–Crippen LogP) is 8.47. The number of phenols is 1. The summed E-state index contributed by atoms with van der Waals surface area (Å²) in [5.74, 6) is 2.01. The van der Waals surface area contributed by atoms with Gasteiger partial charge in [-0.2, -0.15) is 0 Å². The Morgan fingerprint density at radius 1 is 1.06 bits per heavy atom. The zero-order chi connectivity index (χ0) is 23.6. The number of unbranched alkanes of at least 4 members (excludes halogenated alkanes) is 3. The molecule has 1 aliphatic heterocycles. The van der Waals surface area contributed by atoms with Crippen molar-refractivity contribution in [2.45, 2.75) is 103 Å². The summed E-state index contributed by atoms with van der Waals surface area (Å²) in [6.45, 7) is 11.3. The maximum absolute atomic E-state index is 11.3. The summed E-state index contributed by atoms with van der Waals surface area (Å²) in [7, 11) is 0. The van der Waals surface area contributed by atoms with Gasteiger partial charge < -0.3 is 9.84 Å². The molecule has 0 amide bonds. The fourth-order valence-electron chi connectivity index (χ4n) is 6.00. The highest BCUT2D eigenvalue weighted by Gasteiger charge is 2.46. The van der Waals surface area contributed by atoms with Gasteiger partial charge in [0.2, 0.25) is 0 Å². The summed E-state index contributed by atoms with van der Waals surface area (Å²) >= 11 is 0. The molecule has 0 fully saturated rings. The molecule has 33 heavy (non-hydrogen) atoms. The number of phenolic OH excluding ortho intramolecular Hbond substituents is 1. The molecular formula is C31H42O2. The molecule has 2 nitrogen and oxygen atoms in total. The first-order valence-corrected chi connectivity index (χ1v) is 13.0. The molecule has 2 aromatic carbocycles. The highest BCUT2D eigenvalue weighted by molar-refractivity contribution is 5.54. The van der Waals surface area contributed by atoms with E-state index in [-0.39, 0.29) is 11.0 Å². The van der Waals surface area contributed by atoms with Gasteiger partial charge in [-0.15, -0.1) is 0 Å². The van der Waals surface area contributed by atoms with Crippen LogP contribution in [0.3, 0.4) is 0 Å². The van der Waals surface area contributed by atoms with Gasteiger partial charge in [0.15, 0.2) is 0 Å². The topological polar surface area (TPSA) is 29.5 Å². The second-order valence-electron chi connectivity index (χ2n) is 11.5. The number of hydrogen-bond donors (Lipinski definition) is 1. The molecule has 1 N–H and O–H groups in total. The normalized spacial score (nSPS) is 21.5. The van der Waals surface area contributed by atoms with Crippen molar-refractivity contribution >= 4 is 0 Å². The molecular weight excluding hydrogens is 404 g/mol. The van der Waals surface area contributed by atoms with Gasteiger partial charge in [0.05, 0.1) is 0 Å². The molecule has 0 saturated carbocycles. The molecule has 4 rings (SSSR count). The molecule has 178 valence electrons. The Bertz CT molecular complexity index is 983. The van der Waals surface area contributed by atoms with Crippen LogP contribution in [0.4, 0.5) is 0 Å².